The lowest BCUT2D eigenvalue weighted by atomic mass is 10.3. The lowest BCUT2D eigenvalue weighted by Crippen LogP contribution is -2.34. The molecule has 2 aromatic carbocycles. The summed E-state index contributed by atoms with van der Waals surface area (Å²) in [5.74, 6) is 1.61. The molecule has 2 aromatic rings. The number of methoxy groups -OCH3 is 1. The number of hydrogen-bond donors (Lipinski definition) is 1. The summed E-state index contributed by atoms with van der Waals surface area (Å²) in [6.45, 7) is -1.82. The lowest BCUT2D eigenvalue weighted by molar-refractivity contribution is -0.0498. The van der Waals surface area contributed by atoms with Crippen molar-refractivity contribution in [1.82, 2.24) is 4.90 Å². The predicted octanol–water partition coefficient (Wildman–Crippen LogP) is 4.00. The third kappa shape index (κ3) is 6.36. The fourth-order valence-corrected chi connectivity index (χ4v) is 2.22. The summed E-state index contributed by atoms with van der Waals surface area (Å²) in [5.41, 5.74) is 0.680. The Kier molecular flexibility index (Phi) is 7.40. The summed E-state index contributed by atoms with van der Waals surface area (Å²) < 4.78 is 39.3. The molecule has 0 aliphatic carbocycles. The molecular weight excluding hydrogens is 362 g/mol. The van der Waals surface area contributed by atoms with Crippen molar-refractivity contribution in [2.75, 3.05) is 32.6 Å². The van der Waals surface area contributed by atoms with Crippen LogP contribution in [0.3, 0.4) is 0 Å². The highest BCUT2D eigenvalue weighted by Crippen LogP contribution is 2.18. The van der Waals surface area contributed by atoms with Crippen LogP contribution in [0.4, 0.5) is 14.5 Å². The molecule has 0 atom stereocenters. The maximum absolute atomic E-state index is 12.1. The van der Waals surface area contributed by atoms with E-state index >= 15 is 0 Å². The second-order valence-corrected chi connectivity index (χ2v) is 5.67. The van der Waals surface area contributed by atoms with E-state index in [1.807, 2.05) is 36.2 Å². The number of anilines is 1. The molecule has 8 heteroatoms. The molecule has 0 spiro atoms. The zero-order valence-electron chi connectivity index (χ0n) is 14.4. The van der Waals surface area contributed by atoms with Gasteiger partial charge in [0.15, 0.2) is 5.11 Å². The van der Waals surface area contributed by atoms with Crippen molar-refractivity contribution in [3.8, 4) is 17.2 Å². The van der Waals surface area contributed by atoms with Crippen molar-refractivity contribution in [3.05, 3.63) is 48.5 Å². The SMILES string of the molecule is COc1ccc(OCCN(C)C(=S)Nc2ccc(OC(F)F)cc2)cc1. The van der Waals surface area contributed by atoms with E-state index in [1.165, 1.54) is 12.1 Å². The first kappa shape index (κ1) is 19.7. The van der Waals surface area contributed by atoms with E-state index in [1.54, 1.807) is 19.2 Å². The summed E-state index contributed by atoms with van der Waals surface area (Å²) in [6, 6.07) is 13.4. The van der Waals surface area contributed by atoms with Gasteiger partial charge in [-0.2, -0.15) is 8.78 Å². The summed E-state index contributed by atoms with van der Waals surface area (Å²) in [4.78, 5) is 1.82. The number of rotatable bonds is 8. The van der Waals surface area contributed by atoms with Gasteiger partial charge in [0.25, 0.3) is 0 Å². The van der Waals surface area contributed by atoms with Gasteiger partial charge in [0, 0.05) is 12.7 Å². The fraction of sp³-hybridized carbons (Fsp3) is 0.278. The molecular formula is C18H20F2N2O3S. The average molecular weight is 382 g/mol. The molecule has 0 unspecified atom stereocenters. The van der Waals surface area contributed by atoms with Crippen molar-refractivity contribution < 1.29 is 23.0 Å². The Morgan fingerprint density at radius 3 is 2.19 bits per heavy atom. The predicted molar refractivity (Wildman–Crippen MR) is 100 cm³/mol. The van der Waals surface area contributed by atoms with Crippen molar-refractivity contribution in [1.29, 1.82) is 0 Å². The molecule has 0 fully saturated rings. The van der Waals surface area contributed by atoms with Crippen LogP contribution in [0.5, 0.6) is 17.2 Å². The van der Waals surface area contributed by atoms with E-state index in [0.29, 0.717) is 24.0 Å². The first-order valence-electron chi connectivity index (χ1n) is 7.82. The van der Waals surface area contributed by atoms with Crippen LogP contribution >= 0.6 is 12.2 Å². The van der Waals surface area contributed by atoms with Crippen LogP contribution in [0.15, 0.2) is 48.5 Å². The van der Waals surface area contributed by atoms with Gasteiger partial charge in [0.05, 0.1) is 13.7 Å². The molecule has 26 heavy (non-hydrogen) atoms. The summed E-state index contributed by atoms with van der Waals surface area (Å²) in [5, 5.41) is 3.52. The van der Waals surface area contributed by atoms with Gasteiger partial charge in [0.1, 0.15) is 23.9 Å². The van der Waals surface area contributed by atoms with E-state index in [0.717, 1.165) is 11.5 Å². The standard InChI is InChI=1S/C18H20F2N2O3S/c1-22(11-12-24-15-9-7-14(23-2)8-10-15)18(26)21-13-3-5-16(6-4-13)25-17(19)20/h3-10,17H,11-12H2,1-2H3,(H,21,26). The number of halogens is 2. The summed E-state index contributed by atoms with van der Waals surface area (Å²) >= 11 is 5.32. The number of likely N-dealkylation sites (N-methyl/N-ethyl adjacent to an activating group) is 1. The van der Waals surface area contributed by atoms with Gasteiger partial charge < -0.3 is 24.4 Å². The number of alkyl halides is 2. The largest absolute Gasteiger partial charge is 0.497 e. The van der Waals surface area contributed by atoms with E-state index in [-0.39, 0.29) is 5.75 Å². The highest BCUT2D eigenvalue weighted by atomic mass is 32.1. The molecule has 2 rings (SSSR count). The van der Waals surface area contributed by atoms with E-state index in [9.17, 15) is 8.78 Å². The van der Waals surface area contributed by atoms with Crippen molar-refractivity contribution in [2.45, 2.75) is 6.61 Å². The normalized spacial score (nSPS) is 10.3. The highest BCUT2D eigenvalue weighted by molar-refractivity contribution is 7.80. The van der Waals surface area contributed by atoms with Crippen molar-refractivity contribution >= 4 is 23.0 Å². The number of benzene rings is 2. The molecule has 0 aliphatic heterocycles. The maximum Gasteiger partial charge on any atom is 0.387 e. The Morgan fingerprint density at radius 2 is 1.62 bits per heavy atom. The Labute approximate surface area is 156 Å². The highest BCUT2D eigenvalue weighted by Gasteiger charge is 2.07. The Morgan fingerprint density at radius 1 is 1.04 bits per heavy atom. The second kappa shape index (κ2) is 9.76. The van der Waals surface area contributed by atoms with Gasteiger partial charge in [-0.3, -0.25) is 0 Å². The molecule has 140 valence electrons. The van der Waals surface area contributed by atoms with Gasteiger partial charge >= 0.3 is 6.61 Å². The first-order valence-corrected chi connectivity index (χ1v) is 8.22. The summed E-state index contributed by atoms with van der Waals surface area (Å²) in [7, 11) is 3.44. The van der Waals surface area contributed by atoms with Gasteiger partial charge in [0.2, 0.25) is 0 Å². The minimum absolute atomic E-state index is 0.0951. The van der Waals surface area contributed by atoms with Crippen LogP contribution in [0, 0.1) is 0 Å². The zero-order chi connectivity index (χ0) is 18.9. The first-order chi connectivity index (χ1) is 12.5. The van der Waals surface area contributed by atoms with Crippen molar-refractivity contribution in [2.24, 2.45) is 0 Å². The zero-order valence-corrected chi connectivity index (χ0v) is 15.3. The number of thiocarbonyl (C=S) groups is 1. The van der Waals surface area contributed by atoms with Crippen LogP contribution in [-0.2, 0) is 0 Å². The Balaban J connectivity index is 1.76. The van der Waals surface area contributed by atoms with E-state index < -0.39 is 6.61 Å². The lowest BCUT2D eigenvalue weighted by Gasteiger charge is -2.21. The van der Waals surface area contributed by atoms with Gasteiger partial charge in [-0.25, -0.2) is 0 Å². The van der Waals surface area contributed by atoms with Crippen LogP contribution < -0.4 is 19.5 Å². The number of ether oxygens (including phenoxy) is 3. The molecule has 0 bridgehead atoms. The Bertz CT molecular complexity index is 697. The molecule has 0 aromatic heterocycles. The van der Waals surface area contributed by atoms with E-state index in [2.05, 4.69) is 10.1 Å². The monoisotopic (exact) mass is 382 g/mol. The molecule has 5 nitrogen and oxygen atoms in total. The third-order valence-electron chi connectivity index (χ3n) is 3.43. The molecule has 0 saturated heterocycles. The van der Waals surface area contributed by atoms with Gasteiger partial charge in [-0.1, -0.05) is 0 Å². The minimum atomic E-state index is -2.84. The topological polar surface area (TPSA) is 43.0 Å². The molecule has 1 N–H and O–H groups in total. The van der Waals surface area contributed by atoms with Crippen LogP contribution in [0.2, 0.25) is 0 Å². The van der Waals surface area contributed by atoms with Crippen LogP contribution in [-0.4, -0.2) is 43.9 Å². The number of hydrogen-bond acceptors (Lipinski definition) is 4. The average Bonchev–Trinajstić information content (AvgIpc) is 2.63. The van der Waals surface area contributed by atoms with Crippen molar-refractivity contribution in [3.63, 3.8) is 0 Å². The minimum Gasteiger partial charge on any atom is -0.497 e. The smallest absolute Gasteiger partial charge is 0.387 e. The molecule has 0 aliphatic rings. The second-order valence-electron chi connectivity index (χ2n) is 5.28. The van der Waals surface area contributed by atoms with Gasteiger partial charge in [-0.05, 0) is 60.7 Å². The third-order valence-corrected chi connectivity index (χ3v) is 3.85. The Hall–Kier alpha value is -2.61. The quantitative estimate of drug-likeness (QED) is 0.696. The molecule has 0 saturated carbocycles. The van der Waals surface area contributed by atoms with Gasteiger partial charge in [-0.15, -0.1) is 0 Å². The molecule has 0 amide bonds. The maximum atomic E-state index is 12.1. The molecule has 0 heterocycles. The van der Waals surface area contributed by atoms with Crippen LogP contribution in [0.25, 0.3) is 0 Å². The van der Waals surface area contributed by atoms with Crippen LogP contribution in [0.1, 0.15) is 0 Å². The number of nitrogens with one attached hydrogen (secondary N) is 1. The summed E-state index contributed by atoms with van der Waals surface area (Å²) in [6.07, 6.45) is 0. The van der Waals surface area contributed by atoms with E-state index in [4.69, 9.17) is 21.7 Å². The fourth-order valence-electron chi connectivity index (χ4n) is 2.01. The molecule has 0 radical (unpaired) electrons. The number of nitrogens with zero attached hydrogens (tertiary/aromatic N) is 1.